The van der Waals surface area contributed by atoms with Crippen molar-refractivity contribution in [1.82, 2.24) is 4.90 Å². The minimum Gasteiger partial charge on any atom is -0.430 e. The van der Waals surface area contributed by atoms with Crippen LogP contribution < -0.4 is 0 Å². The fourth-order valence-corrected chi connectivity index (χ4v) is 1.54. The topological polar surface area (TPSA) is 86.4 Å². The van der Waals surface area contributed by atoms with E-state index in [1.165, 1.54) is 6.08 Å². The number of nitriles is 2. The van der Waals surface area contributed by atoms with Gasteiger partial charge in [0.1, 0.15) is 30.4 Å². The smallest absolute Gasteiger partial charge is 0.430 e. The predicted octanol–water partition coefficient (Wildman–Crippen LogP) is 1.72. The van der Waals surface area contributed by atoms with E-state index >= 15 is 0 Å². The van der Waals surface area contributed by atoms with Gasteiger partial charge in [0.2, 0.25) is 0 Å². The van der Waals surface area contributed by atoms with Crippen LogP contribution in [0.25, 0.3) is 0 Å². The molecule has 1 aliphatic heterocycles. The lowest BCUT2D eigenvalue weighted by Gasteiger charge is -2.14. The summed E-state index contributed by atoms with van der Waals surface area (Å²) in [4.78, 5) is 12.6. The molecule has 1 rings (SSSR count). The van der Waals surface area contributed by atoms with Crippen LogP contribution in [0, 0.1) is 22.7 Å². The van der Waals surface area contributed by atoms with Crippen molar-refractivity contribution in [3.05, 3.63) is 23.9 Å². The highest BCUT2D eigenvalue weighted by Crippen LogP contribution is 2.11. The molecule has 6 nitrogen and oxygen atoms in total. The number of nitrogens with zero attached hydrogens (tertiary/aromatic N) is 3. The predicted molar refractivity (Wildman–Crippen MR) is 66.5 cm³/mol. The Balaban J connectivity index is 2.21. The van der Waals surface area contributed by atoms with Gasteiger partial charge in [-0.25, -0.2) is 4.79 Å². The molecule has 6 heteroatoms. The number of hydrogen-bond donors (Lipinski definition) is 0. The zero-order valence-electron chi connectivity index (χ0n) is 10.7. The maximum Gasteiger partial charge on any atom is 0.508 e. The molecule has 0 aliphatic carbocycles. The third kappa shape index (κ3) is 5.60. The first kappa shape index (κ1) is 14.6. The Labute approximate surface area is 112 Å². The van der Waals surface area contributed by atoms with E-state index in [1.54, 1.807) is 24.4 Å². The summed E-state index contributed by atoms with van der Waals surface area (Å²) in [6, 6.07) is 3.56. The molecule has 0 amide bonds. The van der Waals surface area contributed by atoms with Crippen LogP contribution >= 0.6 is 0 Å². The van der Waals surface area contributed by atoms with Gasteiger partial charge < -0.3 is 14.4 Å². The highest BCUT2D eigenvalue weighted by atomic mass is 16.8. The lowest BCUT2D eigenvalue weighted by Crippen LogP contribution is -2.16. The monoisotopic (exact) mass is 261 g/mol. The van der Waals surface area contributed by atoms with E-state index in [4.69, 9.17) is 15.3 Å². The van der Waals surface area contributed by atoms with Crippen molar-refractivity contribution in [2.75, 3.05) is 20.2 Å². The molecule has 1 aliphatic rings. The van der Waals surface area contributed by atoms with Crippen LogP contribution in [0.5, 0.6) is 0 Å². The Kier molecular flexibility index (Phi) is 5.97. The van der Waals surface area contributed by atoms with Crippen LogP contribution in [0.2, 0.25) is 0 Å². The molecule has 0 radical (unpaired) electrons. The molecule has 0 saturated carbocycles. The number of cyclic esters (lactones) is 2. The molecule has 0 bridgehead atoms. The molecular weight excluding hydrogens is 246 g/mol. The quantitative estimate of drug-likeness (QED) is 0.411. The Morgan fingerprint density at radius 2 is 2.26 bits per heavy atom. The second-order valence-electron chi connectivity index (χ2n) is 4.07. The van der Waals surface area contributed by atoms with Crippen molar-refractivity contribution in [3.63, 3.8) is 0 Å². The Morgan fingerprint density at radius 3 is 2.84 bits per heavy atom. The molecule has 1 heterocycles. The minimum atomic E-state index is -0.594. The lowest BCUT2D eigenvalue weighted by atomic mass is 10.2. The van der Waals surface area contributed by atoms with Gasteiger partial charge in [0, 0.05) is 13.6 Å². The summed E-state index contributed by atoms with van der Waals surface area (Å²) >= 11 is 0. The van der Waals surface area contributed by atoms with Gasteiger partial charge in [0.05, 0.1) is 0 Å². The van der Waals surface area contributed by atoms with Crippen LogP contribution in [-0.2, 0) is 9.47 Å². The molecular formula is C13H15N3O3. The number of allylic oxidation sites excluding steroid dienone is 3. The molecule has 0 aromatic carbocycles. The summed E-state index contributed by atoms with van der Waals surface area (Å²) in [5.41, 5.74) is 0.0691. The maximum atomic E-state index is 10.7. The maximum absolute atomic E-state index is 10.7. The van der Waals surface area contributed by atoms with E-state index in [2.05, 4.69) is 4.74 Å². The first-order chi connectivity index (χ1) is 9.15. The zero-order valence-corrected chi connectivity index (χ0v) is 10.7. The fourth-order valence-electron chi connectivity index (χ4n) is 1.54. The van der Waals surface area contributed by atoms with E-state index < -0.39 is 6.16 Å². The number of carbonyl (C=O) groups excluding carboxylic acids is 1. The van der Waals surface area contributed by atoms with E-state index in [0.29, 0.717) is 6.61 Å². The highest BCUT2D eigenvalue weighted by molar-refractivity contribution is 5.61. The van der Waals surface area contributed by atoms with Crippen molar-refractivity contribution in [3.8, 4) is 12.1 Å². The van der Waals surface area contributed by atoms with Gasteiger partial charge in [0.25, 0.3) is 0 Å². The minimum absolute atomic E-state index is 0.0691. The standard InChI is InChI=1S/C13H15N3O3/c1-16(6-2-4-11(8-14)9-15)7-3-5-12-10-18-13(17)19-12/h2,4,6,12H,3,5,7,10H2,1H3/b6-2+. The molecule has 0 spiro atoms. The van der Waals surface area contributed by atoms with E-state index in [1.807, 2.05) is 11.9 Å². The third-order valence-electron chi connectivity index (χ3n) is 2.53. The molecule has 1 saturated heterocycles. The van der Waals surface area contributed by atoms with Crippen LogP contribution in [0.1, 0.15) is 12.8 Å². The number of carbonyl (C=O) groups is 1. The van der Waals surface area contributed by atoms with Crippen molar-refractivity contribution in [2.24, 2.45) is 0 Å². The zero-order chi connectivity index (χ0) is 14.1. The summed E-state index contributed by atoms with van der Waals surface area (Å²) in [5.74, 6) is 0. The van der Waals surface area contributed by atoms with Gasteiger partial charge in [-0.2, -0.15) is 10.5 Å². The Hall–Kier alpha value is -2.47. The largest absolute Gasteiger partial charge is 0.508 e. The second kappa shape index (κ2) is 7.78. The molecule has 1 atom stereocenters. The number of rotatable bonds is 6. The SMILES string of the molecule is CN(/C=C/C=C(C#N)C#N)CCCC1COC(=O)O1. The van der Waals surface area contributed by atoms with Gasteiger partial charge in [0.15, 0.2) is 0 Å². The summed E-state index contributed by atoms with van der Waals surface area (Å²) in [6.45, 7) is 1.11. The Morgan fingerprint density at radius 1 is 1.53 bits per heavy atom. The molecule has 0 aromatic rings. The third-order valence-corrected chi connectivity index (χ3v) is 2.53. The van der Waals surface area contributed by atoms with Crippen LogP contribution in [0.3, 0.4) is 0 Å². The summed E-state index contributed by atoms with van der Waals surface area (Å²) in [6.07, 6.45) is 5.77. The van der Waals surface area contributed by atoms with E-state index in [-0.39, 0.29) is 11.7 Å². The van der Waals surface area contributed by atoms with Gasteiger partial charge in [-0.15, -0.1) is 0 Å². The summed E-state index contributed by atoms with van der Waals surface area (Å²) in [5, 5.41) is 17.1. The molecule has 0 aromatic heterocycles. The molecule has 1 unspecified atom stereocenters. The highest BCUT2D eigenvalue weighted by Gasteiger charge is 2.24. The van der Waals surface area contributed by atoms with Crippen molar-refractivity contribution in [1.29, 1.82) is 10.5 Å². The van der Waals surface area contributed by atoms with E-state index in [0.717, 1.165) is 19.4 Å². The van der Waals surface area contributed by atoms with Crippen LogP contribution in [0.15, 0.2) is 23.9 Å². The fraction of sp³-hybridized carbons (Fsp3) is 0.462. The number of hydrogen-bond acceptors (Lipinski definition) is 6. The first-order valence-corrected chi connectivity index (χ1v) is 5.88. The van der Waals surface area contributed by atoms with Crippen LogP contribution in [0.4, 0.5) is 4.79 Å². The first-order valence-electron chi connectivity index (χ1n) is 5.88. The van der Waals surface area contributed by atoms with Crippen molar-refractivity contribution < 1.29 is 14.3 Å². The van der Waals surface area contributed by atoms with Crippen molar-refractivity contribution >= 4 is 6.16 Å². The van der Waals surface area contributed by atoms with Crippen LogP contribution in [-0.4, -0.2) is 37.4 Å². The Bertz CT molecular complexity index is 441. The average molecular weight is 261 g/mol. The van der Waals surface area contributed by atoms with Gasteiger partial charge in [-0.05, 0) is 31.2 Å². The molecule has 0 N–H and O–H groups in total. The molecule has 100 valence electrons. The normalized spacial score (nSPS) is 17.2. The molecule has 19 heavy (non-hydrogen) atoms. The van der Waals surface area contributed by atoms with Gasteiger partial charge in [-0.1, -0.05) is 0 Å². The second-order valence-corrected chi connectivity index (χ2v) is 4.07. The van der Waals surface area contributed by atoms with Gasteiger partial charge >= 0.3 is 6.16 Å². The lowest BCUT2D eigenvalue weighted by molar-refractivity contribution is 0.115. The van der Waals surface area contributed by atoms with Gasteiger partial charge in [-0.3, -0.25) is 0 Å². The average Bonchev–Trinajstić information content (AvgIpc) is 2.80. The summed E-state index contributed by atoms with van der Waals surface area (Å²) in [7, 11) is 1.89. The molecule has 1 fully saturated rings. The van der Waals surface area contributed by atoms with Crippen molar-refractivity contribution in [2.45, 2.75) is 18.9 Å². The van der Waals surface area contributed by atoms with E-state index in [9.17, 15) is 4.79 Å². The number of ether oxygens (including phenoxy) is 2. The summed E-state index contributed by atoms with van der Waals surface area (Å²) < 4.78 is 9.59.